The largest absolute Gasteiger partial charge is 0.504 e. The van der Waals surface area contributed by atoms with Gasteiger partial charge in [0, 0.05) is 12.0 Å². The monoisotopic (exact) mass is 676 g/mol. The fourth-order valence-electron chi connectivity index (χ4n) is 12.2. The molecule has 0 spiro atoms. The Balaban J connectivity index is 1.33. The van der Waals surface area contributed by atoms with Crippen LogP contribution in [0.2, 0.25) is 0 Å². The quantitative estimate of drug-likeness (QED) is 0.183. The van der Waals surface area contributed by atoms with Crippen LogP contribution in [0.5, 0.6) is 17.2 Å². The molecule has 0 bridgehead atoms. The Morgan fingerprint density at radius 3 is 2.31 bits per heavy atom. The summed E-state index contributed by atoms with van der Waals surface area (Å²) in [5.41, 5.74) is 0.00270. The van der Waals surface area contributed by atoms with Crippen molar-refractivity contribution >= 4 is 23.8 Å². The van der Waals surface area contributed by atoms with E-state index in [4.69, 9.17) is 14.2 Å². The van der Waals surface area contributed by atoms with Crippen LogP contribution in [-0.4, -0.2) is 48.3 Å². The third kappa shape index (κ3) is 5.00. The number of ether oxygens (including phenoxy) is 3. The summed E-state index contributed by atoms with van der Waals surface area (Å²) >= 11 is 0. The van der Waals surface area contributed by atoms with Crippen molar-refractivity contribution < 1.29 is 38.8 Å². The molecule has 4 saturated carbocycles. The molecule has 6 rings (SSSR count). The van der Waals surface area contributed by atoms with Gasteiger partial charge in [-0.25, -0.2) is 4.79 Å². The molecule has 0 aromatic heterocycles. The SMILES string of the molecule is COC(=O)[C@]1(C)C2CC[C@]3(C)C(C(=O)C=C4C5[C@@H](C)[C@H](C)CC[C@]5(C)CC[C@]43C)[C@@]2(C)CC[C@H]1OC(=O)/C=C/c1cc(O)c(O)c(OC)c1. The maximum Gasteiger partial charge on any atom is 0.331 e. The molecule has 1 aromatic rings. The number of hydrogen-bond donors (Lipinski definition) is 2. The van der Waals surface area contributed by atoms with E-state index in [1.54, 1.807) is 0 Å². The third-order valence-electron chi connectivity index (χ3n) is 15.3. The van der Waals surface area contributed by atoms with Gasteiger partial charge in [-0.05, 0) is 133 Å². The summed E-state index contributed by atoms with van der Waals surface area (Å²) in [5, 5.41) is 20.0. The van der Waals surface area contributed by atoms with Crippen molar-refractivity contribution in [2.45, 2.75) is 106 Å². The first-order valence-electron chi connectivity index (χ1n) is 18.2. The summed E-state index contributed by atoms with van der Waals surface area (Å²) in [6.45, 7) is 16.1. The van der Waals surface area contributed by atoms with Crippen LogP contribution in [0.1, 0.15) is 105 Å². The van der Waals surface area contributed by atoms with Crippen LogP contribution in [0.25, 0.3) is 6.08 Å². The second-order valence-corrected chi connectivity index (χ2v) is 17.5. The molecule has 8 heteroatoms. The lowest BCUT2D eigenvalue weighted by Crippen LogP contribution is -2.68. The number of hydrogen-bond acceptors (Lipinski definition) is 8. The smallest absolute Gasteiger partial charge is 0.331 e. The number of ketones is 1. The second-order valence-electron chi connectivity index (χ2n) is 17.5. The van der Waals surface area contributed by atoms with E-state index in [0.717, 1.165) is 19.3 Å². The van der Waals surface area contributed by atoms with Crippen molar-refractivity contribution in [1.82, 2.24) is 0 Å². The Morgan fingerprint density at radius 2 is 1.63 bits per heavy atom. The van der Waals surface area contributed by atoms with Crippen molar-refractivity contribution in [2.24, 2.45) is 56.7 Å². The maximum atomic E-state index is 14.7. The number of fused-ring (bicyclic) bond motifs is 7. The van der Waals surface area contributed by atoms with Crippen LogP contribution in [0, 0.1) is 56.7 Å². The lowest BCUT2D eigenvalue weighted by atomic mass is 9.33. The fraction of sp³-hybridized carbons (Fsp3) is 0.683. The van der Waals surface area contributed by atoms with Crippen LogP contribution in [0.15, 0.2) is 29.9 Å². The maximum absolute atomic E-state index is 14.7. The number of aromatic hydroxyl groups is 2. The first-order chi connectivity index (χ1) is 22.9. The minimum atomic E-state index is -1.16. The number of carbonyl (C=O) groups is 3. The van der Waals surface area contributed by atoms with Crippen molar-refractivity contribution in [3.63, 3.8) is 0 Å². The minimum absolute atomic E-state index is 0.0697. The van der Waals surface area contributed by atoms with Gasteiger partial charge in [-0.1, -0.05) is 47.1 Å². The van der Waals surface area contributed by atoms with Gasteiger partial charge in [0.15, 0.2) is 17.3 Å². The Morgan fingerprint density at radius 1 is 0.918 bits per heavy atom. The first-order valence-corrected chi connectivity index (χ1v) is 18.2. The van der Waals surface area contributed by atoms with E-state index < -0.39 is 28.9 Å². The summed E-state index contributed by atoms with van der Waals surface area (Å²) < 4.78 is 16.6. The summed E-state index contributed by atoms with van der Waals surface area (Å²) in [6.07, 6.45) is 11.3. The number of benzene rings is 1. The zero-order valence-corrected chi connectivity index (χ0v) is 30.9. The molecule has 0 aliphatic heterocycles. The third-order valence-corrected chi connectivity index (χ3v) is 15.3. The average molecular weight is 677 g/mol. The van der Waals surface area contributed by atoms with E-state index in [2.05, 4.69) is 47.6 Å². The van der Waals surface area contributed by atoms with Crippen LogP contribution in [0.3, 0.4) is 0 Å². The van der Waals surface area contributed by atoms with Crippen LogP contribution in [-0.2, 0) is 23.9 Å². The van der Waals surface area contributed by atoms with Gasteiger partial charge in [0.1, 0.15) is 11.5 Å². The van der Waals surface area contributed by atoms with Gasteiger partial charge in [0.2, 0.25) is 5.75 Å². The number of allylic oxidation sites excluding steroid dienone is 2. The Bertz CT molecular complexity index is 1610. The van der Waals surface area contributed by atoms with E-state index in [1.165, 1.54) is 63.3 Å². The predicted molar refractivity (Wildman–Crippen MR) is 187 cm³/mol. The number of phenolic OH excluding ortho intramolecular Hbond substituents is 2. The zero-order chi connectivity index (χ0) is 35.9. The molecule has 5 aliphatic carbocycles. The molecule has 4 fully saturated rings. The normalized spacial score (nSPS) is 43.0. The molecule has 8 nitrogen and oxygen atoms in total. The number of methoxy groups -OCH3 is 2. The topological polar surface area (TPSA) is 119 Å². The number of carbonyl (C=O) groups excluding carboxylic acids is 3. The van der Waals surface area contributed by atoms with E-state index in [1.807, 2.05) is 6.92 Å². The highest BCUT2D eigenvalue weighted by atomic mass is 16.6. The Kier molecular flexibility index (Phi) is 8.63. The number of esters is 2. The Hall–Kier alpha value is -3.29. The number of phenols is 2. The van der Waals surface area contributed by atoms with Crippen molar-refractivity contribution in [2.75, 3.05) is 14.2 Å². The molecule has 0 heterocycles. The highest BCUT2D eigenvalue weighted by Gasteiger charge is 2.72. The van der Waals surface area contributed by atoms with E-state index >= 15 is 0 Å². The highest BCUT2D eigenvalue weighted by molar-refractivity contribution is 5.96. The van der Waals surface area contributed by atoms with Crippen molar-refractivity contribution in [1.29, 1.82) is 0 Å². The molecule has 0 saturated heterocycles. The molecular formula is C41H56O8. The lowest BCUT2D eigenvalue weighted by Gasteiger charge is -2.70. The molecule has 1 aromatic carbocycles. The van der Waals surface area contributed by atoms with E-state index in [9.17, 15) is 24.6 Å². The zero-order valence-electron chi connectivity index (χ0n) is 30.9. The van der Waals surface area contributed by atoms with Crippen molar-refractivity contribution in [3.05, 3.63) is 35.4 Å². The first kappa shape index (κ1) is 35.5. The summed E-state index contributed by atoms with van der Waals surface area (Å²) in [7, 11) is 2.75. The van der Waals surface area contributed by atoms with Crippen LogP contribution < -0.4 is 4.74 Å². The number of rotatable bonds is 5. The highest BCUT2D eigenvalue weighted by Crippen LogP contribution is 2.75. The molecule has 5 aliphatic rings. The summed E-state index contributed by atoms with van der Waals surface area (Å²) in [4.78, 5) is 41.9. The average Bonchev–Trinajstić information content (AvgIpc) is 3.05. The summed E-state index contributed by atoms with van der Waals surface area (Å²) in [5.74, 6) is -0.491. The van der Waals surface area contributed by atoms with Gasteiger partial charge in [-0.3, -0.25) is 9.59 Å². The Labute approximate surface area is 291 Å². The van der Waals surface area contributed by atoms with Gasteiger partial charge < -0.3 is 24.4 Å². The molecule has 49 heavy (non-hydrogen) atoms. The second kappa shape index (κ2) is 11.9. The van der Waals surface area contributed by atoms with Crippen LogP contribution in [0.4, 0.5) is 0 Å². The van der Waals surface area contributed by atoms with E-state index in [-0.39, 0.29) is 51.1 Å². The fourth-order valence-corrected chi connectivity index (χ4v) is 12.2. The molecule has 2 N–H and O–H groups in total. The summed E-state index contributed by atoms with van der Waals surface area (Å²) in [6, 6.07) is 2.81. The van der Waals surface area contributed by atoms with E-state index in [0.29, 0.717) is 36.2 Å². The molecule has 0 amide bonds. The minimum Gasteiger partial charge on any atom is -0.504 e. The predicted octanol–water partition coefficient (Wildman–Crippen LogP) is 8.04. The standard InChI is InChI=1S/C41H56O8/c1-23-12-15-37(3)18-19-39(5)26(33(37)24(23)2)22-28(43)35-38(4)16-14-31(41(7,36(46)48-9)30(38)13-17-40(35,39)6)49-32(44)11-10-25-20-27(42)34(45)29(21-25)47-8/h10-11,20-24,30-31,33,35,42,45H,12-19H2,1-9H3/b11-10+/t23-,24+,30?,31-,33?,35?,37-,38+,39-,40-,41-/m1/s1. The molecule has 11 atom stereocenters. The molecule has 0 radical (unpaired) electrons. The van der Waals surface area contributed by atoms with Gasteiger partial charge >= 0.3 is 11.9 Å². The van der Waals surface area contributed by atoms with Gasteiger partial charge in [0.25, 0.3) is 0 Å². The molecule has 268 valence electrons. The van der Waals surface area contributed by atoms with Gasteiger partial charge in [0.05, 0.1) is 14.2 Å². The van der Waals surface area contributed by atoms with Gasteiger partial charge in [-0.2, -0.15) is 0 Å². The lowest BCUT2D eigenvalue weighted by molar-refractivity contribution is -0.221. The molecular weight excluding hydrogens is 620 g/mol. The van der Waals surface area contributed by atoms with Gasteiger partial charge in [-0.15, -0.1) is 0 Å². The molecule has 3 unspecified atom stereocenters. The van der Waals surface area contributed by atoms with Crippen molar-refractivity contribution in [3.8, 4) is 17.2 Å². The van der Waals surface area contributed by atoms with Crippen LogP contribution >= 0.6 is 0 Å².